The summed E-state index contributed by atoms with van der Waals surface area (Å²) in [5, 5.41) is 0. The number of benzene rings is 1. The third-order valence-corrected chi connectivity index (χ3v) is 3.86. The molecule has 0 aliphatic carbocycles. The molecule has 1 aromatic heterocycles. The van der Waals surface area contributed by atoms with E-state index in [2.05, 4.69) is 20.9 Å². The Balaban J connectivity index is 2.22. The summed E-state index contributed by atoms with van der Waals surface area (Å²) in [5.41, 5.74) is 0.136. The highest BCUT2D eigenvalue weighted by molar-refractivity contribution is 9.10. The Morgan fingerprint density at radius 1 is 1.16 bits per heavy atom. The maximum Gasteiger partial charge on any atom is 0.434 e. The van der Waals surface area contributed by atoms with E-state index >= 15 is 0 Å². The van der Waals surface area contributed by atoms with E-state index in [1.807, 2.05) is 30.3 Å². The molecule has 1 heterocycles. The van der Waals surface area contributed by atoms with Crippen LogP contribution in [0.3, 0.4) is 0 Å². The van der Waals surface area contributed by atoms with Gasteiger partial charge < -0.3 is 0 Å². The molecule has 19 heavy (non-hydrogen) atoms. The first-order chi connectivity index (χ1) is 8.97. The van der Waals surface area contributed by atoms with E-state index in [4.69, 9.17) is 0 Å². The predicted molar refractivity (Wildman–Crippen MR) is 72.9 cm³/mol. The van der Waals surface area contributed by atoms with Crippen molar-refractivity contribution in [3.05, 3.63) is 58.3 Å². The van der Waals surface area contributed by atoms with Crippen LogP contribution in [-0.2, 0) is 11.9 Å². The van der Waals surface area contributed by atoms with E-state index in [0.717, 1.165) is 23.5 Å². The van der Waals surface area contributed by atoms with E-state index in [0.29, 0.717) is 10.2 Å². The van der Waals surface area contributed by atoms with Gasteiger partial charge >= 0.3 is 6.18 Å². The van der Waals surface area contributed by atoms with Crippen molar-refractivity contribution in [2.75, 3.05) is 0 Å². The maximum absolute atomic E-state index is 12.8. The SMILES string of the molecule is FC(F)(F)c1ncc(Br)cc1SCc1ccccc1. The number of nitrogens with zero attached hydrogens (tertiary/aromatic N) is 1. The normalized spacial score (nSPS) is 11.6. The average molecular weight is 348 g/mol. The lowest BCUT2D eigenvalue weighted by Crippen LogP contribution is -2.09. The molecule has 0 amide bonds. The van der Waals surface area contributed by atoms with Crippen LogP contribution in [0.5, 0.6) is 0 Å². The molecule has 2 aromatic rings. The van der Waals surface area contributed by atoms with Crippen molar-refractivity contribution in [1.82, 2.24) is 4.98 Å². The van der Waals surface area contributed by atoms with Gasteiger partial charge in [0.2, 0.25) is 0 Å². The molecule has 0 unspecified atom stereocenters. The zero-order valence-electron chi connectivity index (χ0n) is 9.62. The van der Waals surface area contributed by atoms with Gasteiger partial charge in [-0.3, -0.25) is 0 Å². The summed E-state index contributed by atoms with van der Waals surface area (Å²) >= 11 is 4.27. The van der Waals surface area contributed by atoms with E-state index in [1.54, 1.807) is 0 Å². The number of halogens is 4. The molecule has 0 saturated heterocycles. The van der Waals surface area contributed by atoms with Crippen LogP contribution in [-0.4, -0.2) is 4.98 Å². The first-order valence-corrected chi connectivity index (χ1v) is 7.14. The molecule has 1 aromatic carbocycles. The Morgan fingerprint density at radius 3 is 2.47 bits per heavy atom. The lowest BCUT2D eigenvalue weighted by molar-refractivity contribution is -0.143. The number of pyridine rings is 1. The third-order valence-electron chi connectivity index (χ3n) is 2.33. The summed E-state index contributed by atoms with van der Waals surface area (Å²) in [6.07, 6.45) is -3.27. The van der Waals surface area contributed by atoms with Gasteiger partial charge in [-0.1, -0.05) is 30.3 Å². The Bertz CT molecular complexity index is 558. The number of thioether (sulfide) groups is 1. The Kier molecular flexibility index (Phi) is 4.52. The van der Waals surface area contributed by atoms with E-state index in [9.17, 15) is 13.2 Å². The number of hydrogen-bond acceptors (Lipinski definition) is 2. The molecule has 1 nitrogen and oxygen atoms in total. The molecule has 6 heteroatoms. The maximum atomic E-state index is 12.8. The number of aromatic nitrogens is 1. The second-order valence-corrected chi connectivity index (χ2v) is 5.71. The average Bonchev–Trinajstić information content (AvgIpc) is 2.36. The molecule has 0 bridgehead atoms. The van der Waals surface area contributed by atoms with Gasteiger partial charge in [-0.05, 0) is 27.6 Å². The summed E-state index contributed by atoms with van der Waals surface area (Å²) in [4.78, 5) is 3.60. The van der Waals surface area contributed by atoms with E-state index < -0.39 is 11.9 Å². The lowest BCUT2D eigenvalue weighted by Gasteiger charge is -2.11. The van der Waals surface area contributed by atoms with Crippen LogP contribution < -0.4 is 0 Å². The van der Waals surface area contributed by atoms with Crippen molar-refractivity contribution < 1.29 is 13.2 Å². The summed E-state index contributed by atoms with van der Waals surface area (Å²) in [7, 11) is 0. The van der Waals surface area contributed by atoms with Gasteiger partial charge in [0.05, 0.1) is 0 Å². The van der Waals surface area contributed by atoms with Crippen LogP contribution in [0.4, 0.5) is 13.2 Å². The molecular formula is C13H9BrF3NS. The van der Waals surface area contributed by atoms with Crippen LogP contribution in [0.15, 0.2) is 52.0 Å². The molecule has 0 radical (unpaired) electrons. The molecular weight excluding hydrogens is 339 g/mol. The zero-order chi connectivity index (χ0) is 13.9. The van der Waals surface area contributed by atoms with Gasteiger partial charge in [0.1, 0.15) is 0 Å². The number of hydrogen-bond donors (Lipinski definition) is 0. The van der Waals surface area contributed by atoms with Crippen molar-refractivity contribution in [1.29, 1.82) is 0 Å². The molecule has 0 aliphatic rings. The molecule has 0 N–H and O–H groups in total. The minimum atomic E-state index is -4.43. The summed E-state index contributed by atoms with van der Waals surface area (Å²) in [6.45, 7) is 0. The fourth-order valence-electron chi connectivity index (χ4n) is 1.48. The largest absolute Gasteiger partial charge is 0.434 e. The highest BCUT2D eigenvalue weighted by atomic mass is 79.9. The topological polar surface area (TPSA) is 12.9 Å². The van der Waals surface area contributed by atoms with Gasteiger partial charge in [0.15, 0.2) is 5.69 Å². The Labute approximate surface area is 121 Å². The van der Waals surface area contributed by atoms with Gasteiger partial charge in [0.25, 0.3) is 0 Å². The monoisotopic (exact) mass is 347 g/mol. The Morgan fingerprint density at radius 2 is 1.84 bits per heavy atom. The second-order valence-electron chi connectivity index (χ2n) is 3.77. The molecule has 0 spiro atoms. The predicted octanol–water partition coefficient (Wildman–Crippen LogP) is 5.16. The Hall–Kier alpha value is -1.01. The molecule has 0 atom stereocenters. The van der Waals surface area contributed by atoms with Crippen LogP contribution in [0.2, 0.25) is 0 Å². The standard InChI is InChI=1S/C13H9BrF3NS/c14-10-6-11(12(18-7-10)13(15,16)17)19-8-9-4-2-1-3-5-9/h1-7H,8H2. The summed E-state index contributed by atoms with van der Waals surface area (Å²) in [5.74, 6) is 0.474. The highest BCUT2D eigenvalue weighted by Crippen LogP contribution is 2.37. The first kappa shape index (κ1) is 14.4. The highest BCUT2D eigenvalue weighted by Gasteiger charge is 2.35. The molecule has 100 valence electrons. The van der Waals surface area contributed by atoms with Crippen LogP contribution in [0.25, 0.3) is 0 Å². The van der Waals surface area contributed by atoms with Gasteiger partial charge in [0, 0.05) is 21.3 Å². The fraction of sp³-hybridized carbons (Fsp3) is 0.154. The van der Waals surface area contributed by atoms with Crippen molar-refractivity contribution in [3.63, 3.8) is 0 Å². The first-order valence-electron chi connectivity index (χ1n) is 5.36. The minimum absolute atomic E-state index is 0.130. The fourth-order valence-corrected chi connectivity index (χ4v) is 2.99. The van der Waals surface area contributed by atoms with Crippen molar-refractivity contribution in [2.24, 2.45) is 0 Å². The number of rotatable bonds is 3. The van der Waals surface area contributed by atoms with Crippen LogP contribution in [0, 0.1) is 0 Å². The smallest absolute Gasteiger partial charge is 0.249 e. The molecule has 0 saturated carbocycles. The van der Waals surface area contributed by atoms with E-state index in [-0.39, 0.29) is 4.90 Å². The molecule has 0 fully saturated rings. The van der Waals surface area contributed by atoms with Crippen molar-refractivity contribution in [2.45, 2.75) is 16.8 Å². The summed E-state index contributed by atoms with van der Waals surface area (Å²) < 4.78 is 39.0. The van der Waals surface area contributed by atoms with Crippen LogP contribution >= 0.6 is 27.7 Å². The molecule has 2 rings (SSSR count). The van der Waals surface area contributed by atoms with Crippen molar-refractivity contribution >= 4 is 27.7 Å². The second kappa shape index (κ2) is 5.96. The quantitative estimate of drug-likeness (QED) is 0.711. The number of alkyl halides is 3. The molecule has 0 aliphatic heterocycles. The lowest BCUT2D eigenvalue weighted by atomic mass is 10.2. The minimum Gasteiger partial charge on any atom is -0.249 e. The zero-order valence-corrected chi connectivity index (χ0v) is 12.0. The third kappa shape index (κ3) is 3.98. The van der Waals surface area contributed by atoms with Gasteiger partial charge in [-0.25, -0.2) is 4.98 Å². The van der Waals surface area contributed by atoms with Crippen molar-refractivity contribution in [3.8, 4) is 0 Å². The van der Waals surface area contributed by atoms with Crippen LogP contribution in [0.1, 0.15) is 11.3 Å². The van der Waals surface area contributed by atoms with Gasteiger partial charge in [-0.2, -0.15) is 13.2 Å². The van der Waals surface area contributed by atoms with E-state index in [1.165, 1.54) is 6.07 Å². The van der Waals surface area contributed by atoms with Gasteiger partial charge in [-0.15, -0.1) is 11.8 Å². The summed E-state index contributed by atoms with van der Waals surface area (Å²) in [6, 6.07) is 10.8.